The van der Waals surface area contributed by atoms with E-state index in [-0.39, 0.29) is 11.5 Å². The second-order valence-corrected chi connectivity index (χ2v) is 7.64. The van der Waals surface area contributed by atoms with Crippen LogP contribution in [-0.4, -0.2) is 4.57 Å². The van der Waals surface area contributed by atoms with Gasteiger partial charge in [0.1, 0.15) is 6.04 Å². The molecule has 5 heteroatoms. The summed E-state index contributed by atoms with van der Waals surface area (Å²) in [4.78, 5) is 23.7. The van der Waals surface area contributed by atoms with Crippen molar-refractivity contribution in [1.82, 2.24) is 4.57 Å². The number of nitroso groups, excluding NO2 is 1. The van der Waals surface area contributed by atoms with Gasteiger partial charge < -0.3 is 4.57 Å². The molecule has 0 N–H and O–H groups in total. The summed E-state index contributed by atoms with van der Waals surface area (Å²) in [5.41, 5.74) is 3.96. The van der Waals surface area contributed by atoms with Crippen molar-refractivity contribution < 1.29 is 0 Å². The van der Waals surface area contributed by atoms with E-state index in [1.165, 1.54) is 16.2 Å². The van der Waals surface area contributed by atoms with Gasteiger partial charge in [0.05, 0.1) is 0 Å². The first-order valence-electron chi connectivity index (χ1n) is 8.79. The third kappa shape index (κ3) is 4.42. The molecule has 138 valence electrons. The molecule has 1 heterocycles. The minimum Gasteiger partial charge on any atom is -0.319 e. The number of pyridine rings is 1. The van der Waals surface area contributed by atoms with Gasteiger partial charge in [0.15, 0.2) is 0 Å². The smallest absolute Gasteiger partial charge is 0.250 e. The highest BCUT2D eigenvalue weighted by atomic mass is 79.9. The van der Waals surface area contributed by atoms with E-state index in [9.17, 15) is 9.70 Å². The highest BCUT2D eigenvalue weighted by molar-refractivity contribution is 9.10. The molecule has 0 amide bonds. The van der Waals surface area contributed by atoms with Crippen molar-refractivity contribution in [3.05, 3.63) is 109 Å². The lowest BCUT2D eigenvalue weighted by atomic mass is 9.83. The predicted octanol–water partition coefficient (Wildman–Crippen LogP) is 5.49. The Bertz CT molecular complexity index is 996. The average molecular weight is 425 g/mol. The van der Waals surface area contributed by atoms with Gasteiger partial charge in [0.25, 0.3) is 5.56 Å². The molecule has 2 atom stereocenters. The summed E-state index contributed by atoms with van der Waals surface area (Å²) in [6.45, 7) is 2.07. The third-order valence-electron chi connectivity index (χ3n) is 4.94. The van der Waals surface area contributed by atoms with Crippen LogP contribution in [0.2, 0.25) is 0 Å². The maximum atomic E-state index is 12.0. The minimum absolute atomic E-state index is 0.00561. The van der Waals surface area contributed by atoms with E-state index in [0.717, 1.165) is 15.6 Å². The molecule has 2 unspecified atom stereocenters. The summed E-state index contributed by atoms with van der Waals surface area (Å²) >= 11 is 3.48. The number of nitrogens with zero attached hydrogens (tertiary/aromatic N) is 2. The Kier molecular flexibility index (Phi) is 6.01. The summed E-state index contributed by atoms with van der Waals surface area (Å²) in [6, 6.07) is 19.0. The molecule has 0 bridgehead atoms. The van der Waals surface area contributed by atoms with Gasteiger partial charge in [-0.15, -0.1) is 0 Å². The Balaban J connectivity index is 2.03. The molecule has 0 aliphatic rings. The minimum atomic E-state index is -0.591. The highest BCUT2D eigenvalue weighted by Gasteiger charge is 2.23. The number of aryl methyl sites for hydroxylation is 2. The summed E-state index contributed by atoms with van der Waals surface area (Å²) < 4.78 is 2.49. The molecular formula is C22H21BrN2O2. The zero-order valence-corrected chi connectivity index (χ0v) is 16.9. The molecule has 0 radical (unpaired) electrons. The van der Waals surface area contributed by atoms with Crippen molar-refractivity contribution >= 4 is 15.9 Å². The van der Waals surface area contributed by atoms with E-state index < -0.39 is 6.04 Å². The van der Waals surface area contributed by atoms with Crippen LogP contribution in [0.1, 0.15) is 40.6 Å². The Labute approximate surface area is 167 Å². The van der Waals surface area contributed by atoms with E-state index in [2.05, 4.69) is 52.3 Å². The van der Waals surface area contributed by atoms with Crippen molar-refractivity contribution in [1.29, 1.82) is 0 Å². The number of hydrogen-bond donors (Lipinski definition) is 0. The van der Waals surface area contributed by atoms with Crippen molar-refractivity contribution in [2.45, 2.75) is 25.3 Å². The van der Waals surface area contributed by atoms with Gasteiger partial charge >= 0.3 is 0 Å². The van der Waals surface area contributed by atoms with E-state index in [4.69, 9.17) is 0 Å². The topological polar surface area (TPSA) is 51.4 Å². The number of hydrogen-bond acceptors (Lipinski definition) is 3. The molecule has 27 heavy (non-hydrogen) atoms. The third-order valence-corrected chi connectivity index (χ3v) is 5.46. The molecular weight excluding hydrogens is 404 g/mol. The molecule has 0 spiro atoms. The van der Waals surface area contributed by atoms with Gasteiger partial charge in [-0.2, -0.15) is 4.91 Å². The van der Waals surface area contributed by atoms with Gasteiger partial charge in [-0.05, 0) is 53.8 Å². The zero-order valence-electron chi connectivity index (χ0n) is 15.3. The van der Waals surface area contributed by atoms with E-state index >= 15 is 0 Å². The van der Waals surface area contributed by atoms with Crippen LogP contribution in [-0.2, 0) is 7.05 Å². The maximum absolute atomic E-state index is 12.0. The van der Waals surface area contributed by atoms with E-state index in [1.54, 1.807) is 19.3 Å². The fraction of sp³-hybridized carbons (Fsp3) is 0.227. The zero-order chi connectivity index (χ0) is 19.4. The molecule has 0 saturated carbocycles. The lowest BCUT2D eigenvalue weighted by Gasteiger charge is -2.23. The van der Waals surface area contributed by atoms with Crippen LogP contribution in [0.5, 0.6) is 0 Å². The molecule has 3 aromatic rings. The second-order valence-electron chi connectivity index (χ2n) is 6.73. The van der Waals surface area contributed by atoms with Crippen LogP contribution in [0.25, 0.3) is 0 Å². The van der Waals surface area contributed by atoms with Gasteiger partial charge in [-0.3, -0.25) is 4.79 Å². The number of benzene rings is 2. The lowest BCUT2D eigenvalue weighted by Crippen LogP contribution is -2.17. The van der Waals surface area contributed by atoms with Crippen molar-refractivity contribution in [3.63, 3.8) is 0 Å². The fourth-order valence-corrected chi connectivity index (χ4v) is 3.61. The van der Waals surface area contributed by atoms with Crippen LogP contribution < -0.4 is 5.56 Å². The fourth-order valence-electron chi connectivity index (χ4n) is 3.35. The summed E-state index contributed by atoms with van der Waals surface area (Å²) in [5, 5.41) is 3.36. The molecule has 0 fully saturated rings. The maximum Gasteiger partial charge on any atom is 0.250 e. The van der Waals surface area contributed by atoms with Crippen LogP contribution in [0.15, 0.2) is 81.3 Å². The Hall–Kier alpha value is -2.53. The normalized spacial score (nSPS) is 13.1. The van der Waals surface area contributed by atoms with Crippen LogP contribution in [0.4, 0.5) is 0 Å². The van der Waals surface area contributed by atoms with Gasteiger partial charge in [0, 0.05) is 29.7 Å². The summed E-state index contributed by atoms with van der Waals surface area (Å²) in [5.74, 6) is 0.00561. The standard InChI is InChI=1S/C22H21BrN2O2/c1-15-5-3-4-6-19(15)20(16-7-9-18(23)10-8-16)14-21(24-27)17-11-12-25(2)22(26)13-17/h3-13,20-21H,14H2,1-2H3. The first-order valence-corrected chi connectivity index (χ1v) is 9.59. The van der Waals surface area contributed by atoms with Crippen molar-refractivity contribution in [2.75, 3.05) is 0 Å². The van der Waals surface area contributed by atoms with Crippen molar-refractivity contribution in [2.24, 2.45) is 12.2 Å². The second kappa shape index (κ2) is 8.44. The Morgan fingerprint density at radius 3 is 2.37 bits per heavy atom. The predicted molar refractivity (Wildman–Crippen MR) is 112 cm³/mol. The molecule has 4 nitrogen and oxygen atoms in total. The quantitative estimate of drug-likeness (QED) is 0.491. The molecule has 0 aliphatic carbocycles. The van der Waals surface area contributed by atoms with E-state index in [1.807, 2.05) is 24.3 Å². The van der Waals surface area contributed by atoms with Crippen LogP contribution >= 0.6 is 15.9 Å². The number of rotatable bonds is 6. The first kappa shape index (κ1) is 19.2. The summed E-state index contributed by atoms with van der Waals surface area (Å²) in [6.07, 6.45) is 2.18. The molecule has 0 saturated heterocycles. The Morgan fingerprint density at radius 1 is 1.04 bits per heavy atom. The molecule has 0 aliphatic heterocycles. The highest BCUT2D eigenvalue weighted by Crippen LogP contribution is 2.37. The van der Waals surface area contributed by atoms with Crippen LogP contribution in [0, 0.1) is 11.8 Å². The Morgan fingerprint density at radius 2 is 1.74 bits per heavy atom. The van der Waals surface area contributed by atoms with Gasteiger partial charge in [-0.1, -0.05) is 57.5 Å². The van der Waals surface area contributed by atoms with E-state index in [0.29, 0.717) is 12.0 Å². The number of halogens is 1. The van der Waals surface area contributed by atoms with Crippen molar-refractivity contribution in [3.8, 4) is 0 Å². The molecule has 1 aromatic heterocycles. The lowest BCUT2D eigenvalue weighted by molar-refractivity contribution is 0.590. The van der Waals surface area contributed by atoms with Gasteiger partial charge in [0.2, 0.25) is 0 Å². The SMILES string of the molecule is Cc1ccccc1C(CC(N=O)c1ccn(C)c(=O)c1)c1ccc(Br)cc1. The number of aromatic nitrogens is 1. The average Bonchev–Trinajstić information content (AvgIpc) is 2.67. The van der Waals surface area contributed by atoms with Gasteiger partial charge in [-0.25, -0.2) is 0 Å². The largest absolute Gasteiger partial charge is 0.319 e. The molecule has 3 rings (SSSR count). The monoisotopic (exact) mass is 424 g/mol. The molecule has 2 aromatic carbocycles. The first-order chi connectivity index (χ1) is 13.0. The van der Waals surface area contributed by atoms with Crippen LogP contribution in [0.3, 0.4) is 0 Å². The summed E-state index contributed by atoms with van der Waals surface area (Å²) in [7, 11) is 1.69.